The number of ketones is 1. The highest BCUT2D eigenvalue weighted by Crippen LogP contribution is 2.41. The van der Waals surface area contributed by atoms with Crippen LogP contribution in [0.15, 0.2) is 35.1 Å². The van der Waals surface area contributed by atoms with E-state index in [1.54, 1.807) is 29.7 Å². The summed E-state index contributed by atoms with van der Waals surface area (Å²) in [5.41, 5.74) is 0.728. The van der Waals surface area contributed by atoms with Crippen LogP contribution < -0.4 is 5.56 Å². The molecule has 5 rings (SSSR count). The fourth-order valence-corrected chi connectivity index (χ4v) is 8.08. The number of benzene rings is 1. The van der Waals surface area contributed by atoms with Crippen molar-refractivity contribution >= 4 is 34.6 Å². The van der Waals surface area contributed by atoms with Crippen LogP contribution in [0.25, 0.3) is 22.3 Å². The number of carbonyl (C=O) groups is 4. The van der Waals surface area contributed by atoms with Crippen LogP contribution >= 0.6 is 0 Å². The number of phenols is 1. The van der Waals surface area contributed by atoms with Crippen LogP contribution in [0.1, 0.15) is 159 Å². The van der Waals surface area contributed by atoms with Gasteiger partial charge >= 0.3 is 17.9 Å². The highest BCUT2D eigenvalue weighted by atomic mass is 16.6. The number of aromatic hydroxyl groups is 1. The van der Waals surface area contributed by atoms with E-state index >= 15 is 0 Å². The SMILES string of the molecule is CCCCCCCCCCCCCCCCC(CC(=O)CCCC(=O)O[C@]1(CC)C(=O)OCc2c1cc1n(c2=O)Cc2cc3cc(O)ccc3nc2-1)C(=O)O. The average Bonchev–Trinajstić information content (AvgIpc) is 3.52. The number of carbonyl (C=O) groups excluding carboxylic acids is 3. The number of hydrogen-bond acceptors (Lipinski definition) is 9. The Labute approximate surface area is 323 Å². The molecule has 2 aliphatic heterocycles. The maximum absolute atomic E-state index is 13.8. The smallest absolute Gasteiger partial charge is 0.355 e. The Hall–Kier alpha value is -4.54. The Morgan fingerprint density at radius 2 is 1.53 bits per heavy atom. The van der Waals surface area contributed by atoms with E-state index in [1.165, 1.54) is 70.3 Å². The summed E-state index contributed by atoms with van der Waals surface area (Å²) in [5.74, 6) is -3.35. The molecule has 0 aliphatic carbocycles. The van der Waals surface area contributed by atoms with Gasteiger partial charge in [0.1, 0.15) is 18.1 Å². The predicted molar refractivity (Wildman–Crippen MR) is 210 cm³/mol. The molecular formula is C44H58N2O9. The molecule has 4 heterocycles. The van der Waals surface area contributed by atoms with Gasteiger partial charge in [-0.05, 0) is 49.6 Å². The van der Waals surface area contributed by atoms with E-state index in [2.05, 4.69) is 6.92 Å². The van der Waals surface area contributed by atoms with Gasteiger partial charge in [0.25, 0.3) is 5.56 Å². The first-order valence-electron chi connectivity index (χ1n) is 20.6. The third-order valence-corrected chi connectivity index (χ3v) is 11.3. The minimum atomic E-state index is -1.85. The number of unbranched alkanes of at least 4 members (excludes halogenated alkanes) is 13. The van der Waals surface area contributed by atoms with Gasteiger partial charge in [-0.1, -0.05) is 104 Å². The van der Waals surface area contributed by atoms with Crippen LogP contribution in [0, 0.1) is 5.92 Å². The summed E-state index contributed by atoms with van der Waals surface area (Å²) in [5, 5.41) is 20.4. The zero-order valence-electron chi connectivity index (χ0n) is 32.7. The zero-order valence-corrected chi connectivity index (χ0v) is 32.7. The van der Waals surface area contributed by atoms with E-state index in [-0.39, 0.29) is 73.5 Å². The molecule has 1 unspecified atom stereocenters. The van der Waals surface area contributed by atoms with E-state index in [9.17, 15) is 34.2 Å². The predicted octanol–water partition coefficient (Wildman–Crippen LogP) is 9.04. The molecule has 55 heavy (non-hydrogen) atoms. The molecule has 2 aromatic heterocycles. The van der Waals surface area contributed by atoms with Crippen LogP contribution in [0.2, 0.25) is 0 Å². The van der Waals surface area contributed by atoms with Crippen LogP contribution in [-0.4, -0.2) is 43.5 Å². The monoisotopic (exact) mass is 758 g/mol. The third-order valence-electron chi connectivity index (χ3n) is 11.3. The minimum absolute atomic E-state index is 0.0147. The van der Waals surface area contributed by atoms with Crippen molar-refractivity contribution in [3.8, 4) is 17.1 Å². The fraction of sp³-hybridized carbons (Fsp3) is 0.591. The summed E-state index contributed by atoms with van der Waals surface area (Å²) in [7, 11) is 0. The van der Waals surface area contributed by atoms with Crippen LogP contribution in [0.3, 0.4) is 0 Å². The van der Waals surface area contributed by atoms with Crippen LogP contribution in [-0.2, 0) is 47.4 Å². The average molecular weight is 759 g/mol. The minimum Gasteiger partial charge on any atom is -0.508 e. The maximum Gasteiger partial charge on any atom is 0.355 e. The number of hydrogen-bond donors (Lipinski definition) is 2. The van der Waals surface area contributed by atoms with Crippen molar-refractivity contribution in [2.75, 3.05) is 0 Å². The number of carboxylic acid groups (broad SMARTS) is 1. The topological polar surface area (TPSA) is 162 Å². The van der Waals surface area contributed by atoms with Gasteiger partial charge in [-0.3, -0.25) is 19.2 Å². The van der Waals surface area contributed by atoms with Gasteiger partial charge in [0.2, 0.25) is 5.60 Å². The van der Waals surface area contributed by atoms with Crippen molar-refractivity contribution < 1.29 is 38.9 Å². The second kappa shape index (κ2) is 19.9. The highest BCUT2D eigenvalue weighted by Gasteiger charge is 2.50. The van der Waals surface area contributed by atoms with E-state index in [0.717, 1.165) is 36.6 Å². The summed E-state index contributed by atoms with van der Waals surface area (Å²) < 4.78 is 12.9. The Kier molecular flexibility index (Phi) is 15.0. The van der Waals surface area contributed by atoms with Crippen molar-refractivity contribution in [1.29, 1.82) is 0 Å². The van der Waals surface area contributed by atoms with Gasteiger partial charge in [-0.25, -0.2) is 9.78 Å². The molecule has 0 radical (unpaired) electrons. The number of pyridine rings is 2. The quantitative estimate of drug-likeness (QED) is 0.0521. The Morgan fingerprint density at radius 1 is 0.873 bits per heavy atom. The van der Waals surface area contributed by atoms with Gasteiger partial charge in [0.05, 0.1) is 34.9 Å². The lowest BCUT2D eigenvalue weighted by Gasteiger charge is -2.35. The van der Waals surface area contributed by atoms with E-state index in [4.69, 9.17) is 14.5 Å². The van der Waals surface area contributed by atoms with Gasteiger partial charge in [-0.2, -0.15) is 0 Å². The summed E-state index contributed by atoms with van der Waals surface area (Å²) in [6.07, 6.45) is 17.4. The summed E-state index contributed by atoms with van der Waals surface area (Å²) in [4.78, 5) is 69.9. The molecule has 1 aromatic carbocycles. The van der Waals surface area contributed by atoms with Crippen molar-refractivity contribution in [1.82, 2.24) is 9.55 Å². The van der Waals surface area contributed by atoms with Crippen molar-refractivity contribution in [2.24, 2.45) is 5.92 Å². The lowest BCUT2D eigenvalue weighted by Crippen LogP contribution is -2.47. The molecule has 2 N–H and O–H groups in total. The second-order valence-corrected chi connectivity index (χ2v) is 15.4. The molecule has 0 bridgehead atoms. The molecule has 11 heteroatoms. The molecule has 0 amide bonds. The van der Waals surface area contributed by atoms with E-state index in [0.29, 0.717) is 23.3 Å². The molecule has 11 nitrogen and oxygen atoms in total. The van der Waals surface area contributed by atoms with Crippen molar-refractivity contribution in [3.63, 3.8) is 0 Å². The number of esters is 2. The van der Waals surface area contributed by atoms with Gasteiger partial charge in [0, 0.05) is 35.8 Å². The molecule has 0 saturated heterocycles. The maximum atomic E-state index is 13.8. The standard InChI is InChI=1S/C44H58N2O9/c1-3-5-6-7-8-9-10-11-12-13-14-15-16-17-19-30(42(51)52)25-33(47)20-18-21-39(49)55-44(4-2)36-27-38-40-32(24-31-26-34(48)22-23-37(31)45-40)28-46(38)41(50)35(36)29-54-43(44)53/h22-24,26-27,30,48H,3-21,25,28-29H2,1-2H3,(H,51,52)/t30?,44-/m0/s1. The number of fused-ring (bicyclic) bond motifs is 5. The highest BCUT2D eigenvalue weighted by molar-refractivity contribution is 5.89. The van der Waals surface area contributed by atoms with Gasteiger partial charge in [-0.15, -0.1) is 0 Å². The van der Waals surface area contributed by atoms with Crippen molar-refractivity contribution in [3.05, 3.63) is 57.4 Å². The number of nitrogens with zero attached hydrogens (tertiary/aromatic N) is 2. The van der Waals surface area contributed by atoms with Crippen molar-refractivity contribution in [2.45, 2.75) is 161 Å². The fourth-order valence-electron chi connectivity index (χ4n) is 8.08. The largest absolute Gasteiger partial charge is 0.508 e. The molecule has 298 valence electrons. The number of Topliss-reactive ketones (excluding diaryl/α,β-unsaturated/α-hetero) is 1. The Bertz CT molecular complexity index is 1900. The Morgan fingerprint density at radius 3 is 2.16 bits per heavy atom. The van der Waals surface area contributed by atoms with Crippen LogP contribution in [0.5, 0.6) is 5.75 Å². The zero-order chi connectivity index (χ0) is 39.4. The molecule has 3 aromatic rings. The first-order valence-corrected chi connectivity index (χ1v) is 20.6. The van der Waals surface area contributed by atoms with Crippen LogP contribution in [0.4, 0.5) is 0 Å². The lowest BCUT2D eigenvalue weighted by molar-refractivity contribution is -0.189. The number of phenolic OH excluding ortho intramolecular Hbond substituents is 1. The number of rotatable bonds is 24. The first kappa shape index (κ1) is 41.6. The molecule has 2 atom stereocenters. The van der Waals surface area contributed by atoms with E-state index in [1.807, 2.05) is 6.07 Å². The third kappa shape index (κ3) is 10.4. The number of cyclic esters (lactones) is 1. The lowest BCUT2D eigenvalue weighted by atomic mass is 9.85. The summed E-state index contributed by atoms with van der Waals surface area (Å²) in [6.45, 7) is 3.91. The number of ether oxygens (including phenoxy) is 2. The van der Waals surface area contributed by atoms with Gasteiger partial charge in [0.15, 0.2) is 0 Å². The molecular weight excluding hydrogens is 700 g/mol. The summed E-state index contributed by atoms with van der Waals surface area (Å²) >= 11 is 0. The molecule has 2 aliphatic rings. The summed E-state index contributed by atoms with van der Waals surface area (Å²) in [6, 6.07) is 8.39. The number of carboxylic acids is 1. The number of aliphatic carboxylic acids is 1. The molecule has 0 spiro atoms. The Balaban J connectivity index is 1.08. The number of aromatic nitrogens is 2. The van der Waals surface area contributed by atoms with Gasteiger partial charge < -0.3 is 24.3 Å². The molecule has 0 saturated carbocycles. The normalized spacial score (nSPS) is 16.3. The molecule has 0 fully saturated rings. The first-order chi connectivity index (χ1) is 26.6. The second-order valence-electron chi connectivity index (χ2n) is 15.4. The van der Waals surface area contributed by atoms with E-state index < -0.39 is 29.4 Å².